The van der Waals surface area contributed by atoms with Gasteiger partial charge in [0, 0.05) is 13.5 Å². The lowest BCUT2D eigenvalue weighted by Crippen LogP contribution is -2.53. The zero-order valence-electron chi connectivity index (χ0n) is 10.7. The van der Waals surface area contributed by atoms with Crippen molar-refractivity contribution in [2.75, 3.05) is 7.05 Å². The summed E-state index contributed by atoms with van der Waals surface area (Å²) in [6.07, 6.45) is 0.400. The third-order valence-electron chi connectivity index (χ3n) is 3.15. The number of carbonyl (C=O) groups is 3. The van der Waals surface area contributed by atoms with Crippen LogP contribution >= 0.6 is 15.9 Å². The number of likely N-dealkylation sites (N-methyl/N-ethyl adjacent to an activating group) is 1. The first kappa shape index (κ1) is 14.6. The molecule has 0 bridgehead atoms. The fourth-order valence-electron chi connectivity index (χ4n) is 1.96. The highest BCUT2D eigenvalue weighted by molar-refractivity contribution is 9.10. The van der Waals surface area contributed by atoms with Crippen LogP contribution in [0.5, 0.6) is 0 Å². The minimum Gasteiger partial charge on any atom is -0.340 e. The number of imide groups is 1. The van der Waals surface area contributed by atoms with Gasteiger partial charge in [-0.2, -0.15) is 0 Å². The molecule has 0 aromatic heterocycles. The van der Waals surface area contributed by atoms with E-state index in [2.05, 4.69) is 21.2 Å². The van der Waals surface area contributed by atoms with Gasteiger partial charge in [-0.3, -0.25) is 19.3 Å². The van der Waals surface area contributed by atoms with Crippen molar-refractivity contribution in [1.82, 2.24) is 10.2 Å². The first-order chi connectivity index (χ1) is 9.41. The molecule has 1 atom stereocenters. The summed E-state index contributed by atoms with van der Waals surface area (Å²) in [5.41, 5.74) is -0.147. The van der Waals surface area contributed by atoms with Gasteiger partial charge in [0.05, 0.1) is 10.0 Å². The number of halogens is 2. The molecule has 1 aliphatic heterocycles. The number of benzene rings is 1. The predicted octanol–water partition coefficient (Wildman–Crippen LogP) is 1.47. The molecular weight excluding hydrogens is 331 g/mol. The third-order valence-corrected chi connectivity index (χ3v) is 3.76. The van der Waals surface area contributed by atoms with Crippen molar-refractivity contribution < 1.29 is 18.8 Å². The van der Waals surface area contributed by atoms with Gasteiger partial charge in [-0.05, 0) is 34.5 Å². The van der Waals surface area contributed by atoms with Gasteiger partial charge in [0.25, 0.3) is 11.8 Å². The first-order valence-corrected chi connectivity index (χ1v) is 6.76. The standard InChI is InChI=1S/C13H12BrFN2O3/c1-17-10(18)6-5-9(13(17)20)16-12(19)7-3-2-4-8(14)11(7)15/h2-4,9H,5-6H2,1H3,(H,16,19). The predicted molar refractivity (Wildman–Crippen MR) is 72.4 cm³/mol. The quantitative estimate of drug-likeness (QED) is 0.827. The van der Waals surface area contributed by atoms with Gasteiger partial charge < -0.3 is 5.32 Å². The Morgan fingerprint density at radius 3 is 2.85 bits per heavy atom. The average molecular weight is 343 g/mol. The van der Waals surface area contributed by atoms with E-state index in [4.69, 9.17) is 0 Å². The van der Waals surface area contributed by atoms with Gasteiger partial charge in [-0.25, -0.2) is 4.39 Å². The van der Waals surface area contributed by atoms with Gasteiger partial charge in [-0.1, -0.05) is 6.07 Å². The second-order valence-corrected chi connectivity index (χ2v) is 5.31. The Hall–Kier alpha value is -1.76. The molecule has 106 valence electrons. The Morgan fingerprint density at radius 1 is 1.45 bits per heavy atom. The minimum atomic E-state index is -0.802. The molecular formula is C13H12BrFN2O3. The molecule has 1 heterocycles. The van der Waals surface area contributed by atoms with Crippen molar-refractivity contribution in [2.24, 2.45) is 0 Å². The van der Waals surface area contributed by atoms with Crippen molar-refractivity contribution in [3.63, 3.8) is 0 Å². The smallest absolute Gasteiger partial charge is 0.254 e. The highest BCUT2D eigenvalue weighted by Gasteiger charge is 2.33. The van der Waals surface area contributed by atoms with Crippen molar-refractivity contribution in [3.8, 4) is 0 Å². The Balaban J connectivity index is 2.14. The molecule has 3 amide bonds. The lowest BCUT2D eigenvalue weighted by Gasteiger charge is -2.28. The molecule has 0 aliphatic carbocycles. The molecule has 1 unspecified atom stereocenters. The molecule has 5 nitrogen and oxygen atoms in total. The van der Waals surface area contributed by atoms with E-state index in [0.29, 0.717) is 0 Å². The monoisotopic (exact) mass is 342 g/mol. The number of piperidine rings is 1. The third kappa shape index (κ3) is 2.72. The van der Waals surface area contributed by atoms with Crippen molar-refractivity contribution in [2.45, 2.75) is 18.9 Å². The molecule has 0 spiro atoms. The zero-order valence-corrected chi connectivity index (χ0v) is 12.2. The Bertz CT molecular complexity index is 591. The molecule has 1 N–H and O–H groups in total. The number of likely N-dealkylation sites (tertiary alicyclic amines) is 1. The van der Waals surface area contributed by atoms with Crippen LogP contribution in [0.3, 0.4) is 0 Å². The molecule has 1 fully saturated rings. The molecule has 0 radical (unpaired) electrons. The maximum Gasteiger partial charge on any atom is 0.254 e. The summed E-state index contributed by atoms with van der Waals surface area (Å²) in [5.74, 6) is -2.12. The molecule has 1 aromatic rings. The van der Waals surface area contributed by atoms with E-state index in [1.54, 1.807) is 0 Å². The summed E-state index contributed by atoms with van der Waals surface area (Å²) in [7, 11) is 1.36. The normalized spacial score (nSPS) is 19.1. The van der Waals surface area contributed by atoms with E-state index in [9.17, 15) is 18.8 Å². The van der Waals surface area contributed by atoms with Crippen LogP contribution in [0, 0.1) is 5.82 Å². The van der Waals surface area contributed by atoms with Crippen molar-refractivity contribution in [1.29, 1.82) is 0 Å². The second kappa shape index (κ2) is 5.70. The summed E-state index contributed by atoms with van der Waals surface area (Å²) in [4.78, 5) is 36.1. The number of amides is 3. The first-order valence-electron chi connectivity index (χ1n) is 5.97. The molecule has 0 saturated carbocycles. The molecule has 2 rings (SSSR count). The summed E-state index contributed by atoms with van der Waals surface area (Å²) in [5, 5.41) is 2.46. The summed E-state index contributed by atoms with van der Waals surface area (Å²) < 4.78 is 14.0. The molecule has 1 saturated heterocycles. The molecule has 20 heavy (non-hydrogen) atoms. The highest BCUT2D eigenvalue weighted by atomic mass is 79.9. The van der Waals surface area contributed by atoms with E-state index in [0.717, 1.165) is 4.90 Å². The van der Waals surface area contributed by atoms with Crippen LogP contribution < -0.4 is 5.32 Å². The topological polar surface area (TPSA) is 66.5 Å². The van der Waals surface area contributed by atoms with Crippen LogP contribution in [0.2, 0.25) is 0 Å². The summed E-state index contributed by atoms with van der Waals surface area (Å²) >= 11 is 2.99. The van der Waals surface area contributed by atoms with Crippen LogP contribution in [0.1, 0.15) is 23.2 Å². The highest BCUT2D eigenvalue weighted by Crippen LogP contribution is 2.19. The van der Waals surface area contributed by atoms with Crippen LogP contribution in [-0.2, 0) is 9.59 Å². The van der Waals surface area contributed by atoms with E-state index in [-0.39, 0.29) is 28.8 Å². The Kier molecular flexibility index (Phi) is 4.17. The Labute approximate surface area is 123 Å². The SMILES string of the molecule is CN1C(=O)CCC(NC(=O)c2cccc(Br)c2F)C1=O. The van der Waals surface area contributed by atoms with Gasteiger partial charge in [0.15, 0.2) is 0 Å². The fraction of sp³-hybridized carbons (Fsp3) is 0.308. The lowest BCUT2D eigenvalue weighted by molar-refractivity contribution is -0.147. The van der Waals surface area contributed by atoms with Gasteiger partial charge >= 0.3 is 0 Å². The molecule has 7 heteroatoms. The van der Waals surface area contributed by atoms with E-state index in [1.807, 2.05) is 0 Å². The van der Waals surface area contributed by atoms with Crippen LogP contribution in [-0.4, -0.2) is 35.7 Å². The maximum absolute atomic E-state index is 13.8. The number of nitrogens with zero attached hydrogens (tertiary/aromatic N) is 1. The van der Waals surface area contributed by atoms with Gasteiger partial charge in [0.1, 0.15) is 11.9 Å². The van der Waals surface area contributed by atoms with Crippen LogP contribution in [0.15, 0.2) is 22.7 Å². The second-order valence-electron chi connectivity index (χ2n) is 4.46. The number of rotatable bonds is 2. The largest absolute Gasteiger partial charge is 0.340 e. The molecule has 1 aromatic carbocycles. The minimum absolute atomic E-state index is 0.147. The van der Waals surface area contributed by atoms with E-state index < -0.39 is 23.7 Å². The number of hydrogen-bond donors (Lipinski definition) is 1. The number of hydrogen-bond acceptors (Lipinski definition) is 3. The lowest BCUT2D eigenvalue weighted by atomic mass is 10.0. The van der Waals surface area contributed by atoms with Crippen molar-refractivity contribution >= 4 is 33.7 Å². The summed E-state index contributed by atoms with van der Waals surface area (Å²) in [6.45, 7) is 0. The van der Waals surface area contributed by atoms with Crippen LogP contribution in [0.4, 0.5) is 4.39 Å². The van der Waals surface area contributed by atoms with Gasteiger partial charge in [-0.15, -0.1) is 0 Å². The van der Waals surface area contributed by atoms with Crippen LogP contribution in [0.25, 0.3) is 0 Å². The number of carbonyl (C=O) groups excluding carboxylic acids is 3. The number of nitrogens with one attached hydrogen (secondary N) is 1. The van der Waals surface area contributed by atoms with Crippen molar-refractivity contribution in [3.05, 3.63) is 34.1 Å². The zero-order chi connectivity index (χ0) is 14.9. The van der Waals surface area contributed by atoms with E-state index >= 15 is 0 Å². The average Bonchev–Trinajstić information content (AvgIpc) is 2.42. The Morgan fingerprint density at radius 2 is 2.15 bits per heavy atom. The van der Waals surface area contributed by atoms with Gasteiger partial charge in [0.2, 0.25) is 5.91 Å². The molecule has 1 aliphatic rings. The summed E-state index contributed by atoms with van der Waals surface area (Å²) in [6, 6.07) is 3.53. The fourth-order valence-corrected chi connectivity index (χ4v) is 2.33. The maximum atomic E-state index is 13.8. The van der Waals surface area contributed by atoms with E-state index in [1.165, 1.54) is 25.2 Å².